The van der Waals surface area contributed by atoms with Crippen molar-refractivity contribution in [3.63, 3.8) is 0 Å². The number of ether oxygens (including phenoxy) is 1. The summed E-state index contributed by atoms with van der Waals surface area (Å²) in [5, 5.41) is 8.62. The molecule has 0 fully saturated rings. The van der Waals surface area contributed by atoms with E-state index in [1.54, 1.807) is 0 Å². The van der Waals surface area contributed by atoms with Crippen LogP contribution in [0.25, 0.3) is 0 Å². The van der Waals surface area contributed by atoms with E-state index in [0.29, 0.717) is 6.42 Å². The average molecular weight is 377 g/mol. The van der Waals surface area contributed by atoms with E-state index in [2.05, 4.69) is 0 Å². The van der Waals surface area contributed by atoms with Gasteiger partial charge >= 0.3 is 117 Å². The van der Waals surface area contributed by atoms with Crippen molar-refractivity contribution >= 4 is 25.8 Å². The normalized spacial score (nSPS) is 14.9. The summed E-state index contributed by atoms with van der Waals surface area (Å²) in [6.07, 6.45) is -1.42. The zero-order chi connectivity index (χ0) is 14.1. The number of ketones is 1. The number of Topliss-reactive ketones (excluding diaryl/α,β-unsaturated/α-hetero) is 1. The number of aliphatic hydroxyl groups is 1. The van der Waals surface area contributed by atoms with Crippen LogP contribution < -0.4 is 21.0 Å². The van der Waals surface area contributed by atoms with E-state index in [1.165, 1.54) is 13.8 Å². The Labute approximate surface area is 117 Å². The summed E-state index contributed by atoms with van der Waals surface area (Å²) in [5.41, 5.74) is 0. The first-order valence-corrected chi connectivity index (χ1v) is 8.47. The molecule has 100 valence electrons. The van der Waals surface area contributed by atoms with Crippen LogP contribution in [0.1, 0.15) is 33.1 Å². The average Bonchev–Trinajstić information content (AvgIpc) is 2.28. The van der Waals surface area contributed by atoms with Crippen molar-refractivity contribution in [3.8, 4) is 0 Å². The van der Waals surface area contributed by atoms with Crippen LogP contribution in [0.15, 0.2) is 0 Å². The topological polar surface area (TPSA) is 80.7 Å². The summed E-state index contributed by atoms with van der Waals surface area (Å²) >= 11 is -0.967. The van der Waals surface area contributed by atoms with Gasteiger partial charge in [-0.05, 0) is 0 Å². The molecule has 1 N–H and O–H groups in total. The molecule has 0 saturated heterocycles. The summed E-state index contributed by atoms with van der Waals surface area (Å²) in [4.78, 5) is 33.6. The first kappa shape index (κ1) is 14.9. The Bertz CT molecular complexity index is 311. The molecular weight excluding hydrogens is 359 g/mol. The molecule has 17 heavy (non-hydrogen) atoms. The van der Waals surface area contributed by atoms with Crippen LogP contribution in [0.5, 0.6) is 0 Å². The summed E-state index contributed by atoms with van der Waals surface area (Å²) in [6.45, 7) is 2.84. The maximum absolute atomic E-state index is 11.3. The molecule has 0 aliphatic heterocycles. The molecule has 5 nitrogen and oxygen atoms in total. The molecule has 0 unspecified atom stereocenters. The Hall–Kier alpha value is -0.150. The predicted octanol–water partition coefficient (Wildman–Crippen LogP) is -2.50. The molecule has 0 aromatic carbocycles. The predicted molar refractivity (Wildman–Crippen MR) is 60.1 cm³/mol. The van der Waals surface area contributed by atoms with Crippen molar-refractivity contribution < 1.29 is 45.2 Å². The molecule has 0 aromatic rings. The Morgan fingerprint density at radius 1 is 1.41 bits per heavy atom. The van der Waals surface area contributed by atoms with Crippen LogP contribution in [0, 0.1) is 0 Å². The fourth-order valence-corrected chi connectivity index (χ4v) is 2.23. The molecule has 7 heteroatoms. The van der Waals surface area contributed by atoms with Crippen molar-refractivity contribution in [2.75, 3.05) is 0 Å². The molecule has 0 aromatic heterocycles. The van der Waals surface area contributed by atoms with Crippen molar-refractivity contribution in [1.82, 2.24) is 0 Å². The molecule has 0 aliphatic rings. The third kappa shape index (κ3) is 7.72. The molecule has 0 amide bonds. The number of carbonyl (C=O) groups excluding carboxylic acids is 3. The van der Waals surface area contributed by atoms with Crippen molar-refractivity contribution in [3.05, 3.63) is 0 Å². The van der Waals surface area contributed by atoms with Gasteiger partial charge in [-0.1, -0.05) is 0 Å². The second kappa shape index (κ2) is 8.87. The summed E-state index contributed by atoms with van der Waals surface area (Å²) in [6, 6.07) is 0. The van der Waals surface area contributed by atoms with Gasteiger partial charge in [0, 0.05) is 0 Å². The van der Waals surface area contributed by atoms with Crippen molar-refractivity contribution in [2.24, 2.45) is 0 Å². The summed E-state index contributed by atoms with van der Waals surface area (Å²) in [7, 11) is 0.887. The van der Waals surface area contributed by atoms with Crippen LogP contribution >= 0.6 is 8.93 Å². The Balaban J connectivity index is 3.84. The first-order chi connectivity index (χ1) is 8.38. The van der Waals surface area contributed by atoms with E-state index >= 15 is 0 Å². The first-order valence-electron chi connectivity index (χ1n) is 5.49. The van der Waals surface area contributed by atoms with Gasteiger partial charge in [0.25, 0.3) is 0 Å². The van der Waals surface area contributed by atoms with Gasteiger partial charge in [0.15, 0.2) is 0 Å². The molecule has 0 aliphatic carbocycles. The second-order valence-electron chi connectivity index (χ2n) is 3.52. The van der Waals surface area contributed by atoms with Gasteiger partial charge in [0.05, 0.1) is 0 Å². The quantitative estimate of drug-likeness (QED) is 0.372. The van der Waals surface area contributed by atoms with Gasteiger partial charge in [-0.15, -0.1) is 0 Å². The Kier molecular flexibility index (Phi) is 7.78. The van der Waals surface area contributed by atoms with Gasteiger partial charge in [0.1, 0.15) is 0 Å². The summed E-state index contributed by atoms with van der Waals surface area (Å²) < 4.78 is 11.8. The monoisotopic (exact) mass is 377 g/mol. The fourth-order valence-electron chi connectivity index (χ4n) is 0.983. The third-order valence-electron chi connectivity index (χ3n) is 1.99. The van der Waals surface area contributed by atoms with E-state index in [9.17, 15) is 14.4 Å². The standard InChI is InChI=1S/C10H16IO5S/c1-6(12)8(13)4-3-5-9(14)16-7(2)10(15)17-11/h6-7,11-12H,3-5H2,1-2H3/q-1/t6-,7-/m0/s1/i11T. The Morgan fingerprint density at radius 3 is 2.59 bits per heavy atom. The number of esters is 1. The van der Waals surface area contributed by atoms with Gasteiger partial charge in [-0.3, -0.25) is 0 Å². The van der Waals surface area contributed by atoms with E-state index in [-0.39, 0.29) is 23.7 Å². The molecule has 0 spiro atoms. The minimum absolute atomic E-state index is 0.0384. The SMILES string of the molecule is [3H][I-]SC(=O)[C@H](C)OC(=O)CCCC(=O)[C@H](C)O. The number of carbonyl (C=O) groups is 3. The number of hydrogen-bond donors (Lipinski definition) is 1. The Morgan fingerprint density at radius 2 is 2.06 bits per heavy atom. The number of aliphatic hydroxyl groups excluding tert-OH is 1. The van der Waals surface area contributed by atoms with E-state index in [1.807, 2.05) is 0 Å². The van der Waals surface area contributed by atoms with Crippen molar-refractivity contribution in [2.45, 2.75) is 45.3 Å². The second-order valence-corrected chi connectivity index (χ2v) is 5.40. The van der Waals surface area contributed by atoms with Crippen LogP contribution in [0.2, 0.25) is 0 Å². The molecule has 0 radical (unpaired) electrons. The van der Waals surface area contributed by atoms with E-state index < -0.39 is 39.2 Å². The van der Waals surface area contributed by atoms with E-state index in [0.717, 1.165) is 8.93 Å². The molecule has 0 saturated carbocycles. The zero-order valence-electron chi connectivity index (χ0n) is 10.6. The fraction of sp³-hybridized carbons (Fsp3) is 0.700. The molecule has 0 heterocycles. The number of hydrogen-bond acceptors (Lipinski definition) is 6. The van der Waals surface area contributed by atoms with Gasteiger partial charge in [-0.2, -0.15) is 0 Å². The van der Waals surface area contributed by atoms with Crippen LogP contribution in [-0.2, 0) is 19.1 Å². The van der Waals surface area contributed by atoms with Crippen LogP contribution in [0.4, 0.5) is 0 Å². The van der Waals surface area contributed by atoms with E-state index in [4.69, 9.17) is 10.4 Å². The van der Waals surface area contributed by atoms with Gasteiger partial charge in [-0.25, -0.2) is 0 Å². The number of halogens is 1. The molecule has 2 atom stereocenters. The minimum atomic E-state index is -1.01. The number of rotatable bonds is 8. The van der Waals surface area contributed by atoms with Crippen LogP contribution in [-0.4, -0.2) is 34.8 Å². The maximum atomic E-state index is 11.3. The van der Waals surface area contributed by atoms with Crippen molar-refractivity contribution in [1.29, 1.82) is 0.594 Å². The zero-order valence-corrected chi connectivity index (χ0v) is 12.6. The van der Waals surface area contributed by atoms with Gasteiger partial charge in [0.2, 0.25) is 0 Å². The van der Waals surface area contributed by atoms with Crippen LogP contribution in [0.3, 0.4) is 0 Å². The molecule has 0 bridgehead atoms. The van der Waals surface area contributed by atoms with Gasteiger partial charge < -0.3 is 0 Å². The molecular formula is C10H16IO5S-. The third-order valence-corrected chi connectivity index (χ3v) is 3.77. The molecule has 0 rings (SSSR count). The summed E-state index contributed by atoms with van der Waals surface area (Å²) in [5.74, 6) is -0.862.